The topological polar surface area (TPSA) is 85.3 Å². The Morgan fingerprint density at radius 3 is 2.64 bits per heavy atom. The van der Waals surface area contributed by atoms with Gasteiger partial charge in [-0.25, -0.2) is 13.8 Å². The number of nitrogens with zero attached hydrogens (tertiary/aromatic N) is 6. The normalized spacial score (nSPS) is 23.7. The molecule has 3 aromatic rings. The van der Waals surface area contributed by atoms with E-state index in [1.807, 2.05) is 36.6 Å². The van der Waals surface area contributed by atoms with Crippen molar-refractivity contribution in [2.45, 2.75) is 65.1 Å². The molecule has 45 heavy (non-hydrogen) atoms. The number of ether oxygens (including phenoxy) is 1. The third kappa shape index (κ3) is 4.31. The lowest BCUT2D eigenvalue weighted by atomic mass is 9.91. The number of aryl methyl sites for hydroxylation is 1. The highest BCUT2D eigenvalue weighted by Gasteiger charge is 2.51. The van der Waals surface area contributed by atoms with Gasteiger partial charge in [-0.05, 0) is 70.5 Å². The second-order valence-electron chi connectivity index (χ2n) is 12.5. The molecule has 1 fully saturated rings. The molecule has 9 nitrogen and oxygen atoms in total. The summed E-state index contributed by atoms with van der Waals surface area (Å²) in [5, 5.41) is 10.6. The van der Waals surface area contributed by atoms with Crippen molar-refractivity contribution in [2.24, 2.45) is 0 Å². The van der Waals surface area contributed by atoms with Crippen LogP contribution in [0.15, 0.2) is 54.9 Å². The van der Waals surface area contributed by atoms with Crippen molar-refractivity contribution in [1.82, 2.24) is 24.7 Å². The van der Waals surface area contributed by atoms with E-state index in [1.54, 1.807) is 6.20 Å². The molecule has 11 heteroatoms. The maximum absolute atomic E-state index is 16.3. The van der Waals surface area contributed by atoms with Crippen molar-refractivity contribution in [2.75, 3.05) is 24.5 Å². The van der Waals surface area contributed by atoms with E-state index in [2.05, 4.69) is 35.2 Å². The highest BCUT2D eigenvalue weighted by molar-refractivity contribution is 5.89. The number of carbonyl (C=O) groups excluding carboxylic acids is 1. The first-order valence-electron chi connectivity index (χ1n) is 15.3. The zero-order chi connectivity index (χ0) is 31.9. The second kappa shape index (κ2) is 10.5. The number of fused-ring (bicyclic) bond motifs is 9. The largest absolute Gasteiger partial charge is 0.507 e. The van der Waals surface area contributed by atoms with Gasteiger partial charge in [-0.3, -0.25) is 14.7 Å². The molecule has 4 aliphatic heterocycles. The van der Waals surface area contributed by atoms with Crippen molar-refractivity contribution in [1.29, 1.82) is 0 Å². The molecule has 1 saturated heterocycles. The third-order valence-corrected chi connectivity index (χ3v) is 9.42. The number of phenolic OH excluding ortho intramolecular Hbond substituents is 1. The van der Waals surface area contributed by atoms with E-state index in [0.717, 1.165) is 28.3 Å². The van der Waals surface area contributed by atoms with E-state index in [-0.39, 0.29) is 41.4 Å². The molecular weight excluding hydrogens is 578 g/mol. The molecule has 7 rings (SSSR count). The first kappa shape index (κ1) is 29.2. The summed E-state index contributed by atoms with van der Waals surface area (Å²) in [5.74, 6) is -1.70. The number of carbonyl (C=O) groups is 1. The van der Waals surface area contributed by atoms with Crippen LogP contribution < -0.4 is 4.90 Å². The quantitative estimate of drug-likeness (QED) is 0.388. The van der Waals surface area contributed by atoms with Gasteiger partial charge in [0.1, 0.15) is 29.2 Å². The Morgan fingerprint density at radius 2 is 1.93 bits per heavy atom. The van der Waals surface area contributed by atoms with E-state index < -0.39 is 23.6 Å². The summed E-state index contributed by atoms with van der Waals surface area (Å²) < 4.78 is 38.2. The molecule has 0 saturated carbocycles. The molecule has 234 valence electrons. The Hall–Kier alpha value is -4.51. The zero-order valence-electron chi connectivity index (χ0n) is 26.0. The summed E-state index contributed by atoms with van der Waals surface area (Å²) in [6, 6.07) is 6.97. The van der Waals surface area contributed by atoms with E-state index in [4.69, 9.17) is 9.72 Å². The van der Waals surface area contributed by atoms with Gasteiger partial charge >= 0.3 is 0 Å². The number of anilines is 2. The van der Waals surface area contributed by atoms with E-state index in [0.29, 0.717) is 31.0 Å². The molecule has 0 spiro atoms. The Labute approximate surface area is 261 Å². The Bertz CT molecular complexity index is 1760. The fraction of sp³-hybridized carbons (Fsp3) is 0.382. The Kier molecular flexibility index (Phi) is 6.85. The zero-order valence-corrected chi connectivity index (χ0v) is 26.0. The summed E-state index contributed by atoms with van der Waals surface area (Å²) in [4.78, 5) is 30.6. The second-order valence-corrected chi connectivity index (χ2v) is 12.5. The fourth-order valence-electron chi connectivity index (χ4n) is 7.32. The van der Waals surface area contributed by atoms with Crippen molar-refractivity contribution in [3.8, 4) is 17.0 Å². The van der Waals surface area contributed by atoms with E-state index in [1.165, 1.54) is 30.3 Å². The summed E-state index contributed by atoms with van der Waals surface area (Å²) >= 11 is 0. The Balaban J connectivity index is 1.52. The summed E-state index contributed by atoms with van der Waals surface area (Å²) in [6.07, 6.45) is 2.07. The third-order valence-electron chi connectivity index (χ3n) is 9.42. The number of halogens is 2. The minimum absolute atomic E-state index is 0.0474. The van der Waals surface area contributed by atoms with Crippen LogP contribution in [-0.2, 0) is 9.53 Å². The molecule has 2 aromatic heterocycles. The van der Waals surface area contributed by atoms with Crippen LogP contribution in [0.25, 0.3) is 17.0 Å². The molecule has 1 amide bonds. The molecular formula is C34H36F2N6O3. The first-order chi connectivity index (χ1) is 21.5. The standard InChI is InChI=1S/C34H36F2N6O3/c1-7-26(44)40-16-21-15-39(17(2)3)32-31(41(21)14-19(40)5)22-13-24(36)29(27-23(35)9-8-10-25(27)43)38-33(22)42-30-18(4)11-12-37-28(30)20(6)45-34(32)42/h7-13,17,19-21,34,43H,1,14-16H2,2-6H3. The monoisotopic (exact) mass is 614 g/mol. The number of hydrogen-bond donors (Lipinski definition) is 1. The van der Waals surface area contributed by atoms with Gasteiger partial charge in [0, 0.05) is 43.5 Å². The molecule has 4 atom stereocenters. The molecule has 0 aliphatic carbocycles. The van der Waals surface area contributed by atoms with Crippen LogP contribution in [0.2, 0.25) is 0 Å². The number of phenols is 1. The molecule has 4 unspecified atom stereocenters. The van der Waals surface area contributed by atoms with Gasteiger partial charge in [0.15, 0.2) is 12.0 Å². The minimum atomic E-state index is -0.782. The number of benzene rings is 1. The average Bonchev–Trinajstić information content (AvgIpc) is 3.00. The van der Waals surface area contributed by atoms with Gasteiger partial charge in [-0.1, -0.05) is 12.6 Å². The molecule has 0 bridgehead atoms. The SMILES string of the molecule is C=CC(=O)N1CC2CN(C(C)C)C3=C(c4cc(F)c(-c5c(O)cccc5F)nc4N4c5c(C)ccnc5C(C)OC34)N2CC1C. The number of piperazine rings is 1. The fourth-order valence-corrected chi connectivity index (χ4v) is 7.32. The summed E-state index contributed by atoms with van der Waals surface area (Å²) in [7, 11) is 0. The first-order valence-corrected chi connectivity index (χ1v) is 15.3. The maximum Gasteiger partial charge on any atom is 0.246 e. The van der Waals surface area contributed by atoms with E-state index in [9.17, 15) is 9.90 Å². The predicted octanol–water partition coefficient (Wildman–Crippen LogP) is 5.48. The van der Waals surface area contributed by atoms with Crippen molar-refractivity contribution >= 4 is 23.1 Å². The van der Waals surface area contributed by atoms with Crippen molar-refractivity contribution in [3.05, 3.63) is 83.3 Å². The van der Waals surface area contributed by atoms with Gasteiger partial charge in [0.2, 0.25) is 5.91 Å². The number of rotatable bonds is 3. The number of aromatic hydroxyl groups is 1. The summed E-state index contributed by atoms with van der Waals surface area (Å²) in [5.41, 5.74) is 4.05. The molecule has 6 heterocycles. The van der Waals surface area contributed by atoms with Crippen LogP contribution in [-0.4, -0.2) is 79.7 Å². The number of pyridine rings is 2. The number of hydrogen-bond acceptors (Lipinski definition) is 8. The van der Waals surface area contributed by atoms with Crippen LogP contribution in [0, 0.1) is 18.6 Å². The van der Waals surface area contributed by atoms with Gasteiger partial charge in [-0.2, -0.15) is 0 Å². The van der Waals surface area contributed by atoms with Gasteiger partial charge in [-0.15, -0.1) is 0 Å². The van der Waals surface area contributed by atoms with Crippen LogP contribution in [0.3, 0.4) is 0 Å². The molecule has 0 radical (unpaired) electrons. The summed E-state index contributed by atoms with van der Waals surface area (Å²) in [6.45, 7) is 15.5. The van der Waals surface area contributed by atoms with Crippen LogP contribution in [0.1, 0.15) is 50.6 Å². The maximum atomic E-state index is 16.3. The molecule has 1 aromatic carbocycles. The lowest BCUT2D eigenvalue weighted by molar-refractivity contribution is -0.131. The smallest absolute Gasteiger partial charge is 0.246 e. The highest BCUT2D eigenvalue weighted by Crippen LogP contribution is 2.53. The Morgan fingerprint density at radius 1 is 1.16 bits per heavy atom. The number of amides is 1. The lowest BCUT2D eigenvalue weighted by Gasteiger charge is -2.57. The average molecular weight is 615 g/mol. The van der Waals surface area contributed by atoms with Gasteiger partial charge in [0.25, 0.3) is 0 Å². The molecule has 4 aliphatic rings. The molecule has 1 N–H and O–H groups in total. The highest BCUT2D eigenvalue weighted by atomic mass is 19.1. The van der Waals surface area contributed by atoms with Gasteiger partial charge < -0.3 is 24.5 Å². The van der Waals surface area contributed by atoms with Gasteiger partial charge in [0.05, 0.1) is 34.4 Å². The van der Waals surface area contributed by atoms with Crippen LogP contribution >= 0.6 is 0 Å². The van der Waals surface area contributed by atoms with E-state index >= 15 is 8.78 Å². The number of aromatic nitrogens is 2. The van der Waals surface area contributed by atoms with Crippen LogP contribution in [0.5, 0.6) is 5.75 Å². The van der Waals surface area contributed by atoms with Crippen molar-refractivity contribution in [3.63, 3.8) is 0 Å². The lowest BCUT2D eigenvalue weighted by Crippen LogP contribution is -2.65. The van der Waals surface area contributed by atoms with Crippen LogP contribution in [0.4, 0.5) is 20.3 Å². The predicted molar refractivity (Wildman–Crippen MR) is 166 cm³/mol. The van der Waals surface area contributed by atoms with Crippen molar-refractivity contribution < 1.29 is 23.4 Å². The minimum Gasteiger partial charge on any atom is -0.507 e.